The Hall–Kier alpha value is -1.53. The minimum Gasteiger partial charge on any atom is -0.395 e. The Morgan fingerprint density at radius 1 is 1.47 bits per heavy atom. The standard InChI is InChI=1S/C11H14F2N2O2/c1-15(4-5-16)7-11(17)14-10-3-2-8(12)6-9(10)13/h2-3,6,16H,4-5,7H2,1H3,(H,14,17). The molecule has 17 heavy (non-hydrogen) atoms. The second-order valence-corrected chi connectivity index (χ2v) is 3.63. The maximum atomic E-state index is 13.2. The minimum atomic E-state index is -0.817. The van der Waals surface area contributed by atoms with Gasteiger partial charge in [-0.25, -0.2) is 8.78 Å². The molecule has 1 aromatic carbocycles. The number of likely N-dealkylation sites (N-methyl/N-ethyl adjacent to an activating group) is 1. The summed E-state index contributed by atoms with van der Waals surface area (Å²) in [7, 11) is 1.65. The largest absolute Gasteiger partial charge is 0.395 e. The van der Waals surface area contributed by atoms with Gasteiger partial charge in [-0.2, -0.15) is 0 Å². The predicted octanol–water partition coefficient (Wildman–Crippen LogP) is 0.827. The van der Waals surface area contributed by atoms with E-state index >= 15 is 0 Å². The zero-order chi connectivity index (χ0) is 12.8. The first-order valence-electron chi connectivity index (χ1n) is 5.07. The van der Waals surface area contributed by atoms with Gasteiger partial charge in [0.05, 0.1) is 18.8 Å². The van der Waals surface area contributed by atoms with Crippen molar-refractivity contribution < 1.29 is 18.7 Å². The fourth-order valence-electron chi connectivity index (χ4n) is 1.28. The number of aliphatic hydroxyl groups is 1. The number of hydrogen-bond donors (Lipinski definition) is 2. The molecule has 94 valence electrons. The van der Waals surface area contributed by atoms with Gasteiger partial charge in [-0.3, -0.25) is 9.69 Å². The van der Waals surface area contributed by atoms with Crippen molar-refractivity contribution in [3.63, 3.8) is 0 Å². The van der Waals surface area contributed by atoms with E-state index in [9.17, 15) is 13.6 Å². The highest BCUT2D eigenvalue weighted by Gasteiger charge is 2.09. The van der Waals surface area contributed by atoms with Gasteiger partial charge in [-0.1, -0.05) is 0 Å². The lowest BCUT2D eigenvalue weighted by molar-refractivity contribution is -0.117. The predicted molar refractivity (Wildman–Crippen MR) is 59.6 cm³/mol. The van der Waals surface area contributed by atoms with Crippen LogP contribution in [-0.4, -0.2) is 42.7 Å². The third-order valence-electron chi connectivity index (χ3n) is 2.10. The first-order valence-corrected chi connectivity index (χ1v) is 5.07. The van der Waals surface area contributed by atoms with E-state index in [2.05, 4.69) is 5.32 Å². The van der Waals surface area contributed by atoms with Crippen LogP contribution in [0.1, 0.15) is 0 Å². The van der Waals surface area contributed by atoms with Crippen molar-refractivity contribution in [2.24, 2.45) is 0 Å². The van der Waals surface area contributed by atoms with E-state index in [1.54, 1.807) is 11.9 Å². The molecule has 0 aromatic heterocycles. The van der Waals surface area contributed by atoms with Crippen LogP contribution in [0.5, 0.6) is 0 Å². The van der Waals surface area contributed by atoms with Gasteiger partial charge in [-0.15, -0.1) is 0 Å². The van der Waals surface area contributed by atoms with Crippen molar-refractivity contribution in [3.8, 4) is 0 Å². The summed E-state index contributed by atoms with van der Waals surface area (Å²) in [5.74, 6) is -1.94. The molecule has 4 nitrogen and oxygen atoms in total. The van der Waals surface area contributed by atoms with Gasteiger partial charge >= 0.3 is 0 Å². The lowest BCUT2D eigenvalue weighted by Crippen LogP contribution is -2.32. The van der Waals surface area contributed by atoms with E-state index < -0.39 is 17.5 Å². The fraction of sp³-hybridized carbons (Fsp3) is 0.364. The normalized spacial score (nSPS) is 10.6. The summed E-state index contributed by atoms with van der Waals surface area (Å²) in [6.07, 6.45) is 0. The second kappa shape index (κ2) is 6.27. The molecule has 0 heterocycles. The summed E-state index contributed by atoms with van der Waals surface area (Å²) in [4.78, 5) is 13.0. The Kier molecular flexibility index (Phi) is 4.99. The highest BCUT2D eigenvalue weighted by atomic mass is 19.1. The lowest BCUT2D eigenvalue weighted by atomic mass is 10.3. The maximum absolute atomic E-state index is 13.2. The van der Waals surface area contributed by atoms with Crippen LogP contribution in [0, 0.1) is 11.6 Å². The number of carbonyl (C=O) groups is 1. The zero-order valence-corrected chi connectivity index (χ0v) is 9.41. The average molecular weight is 244 g/mol. The van der Waals surface area contributed by atoms with Crippen LogP contribution in [0.4, 0.5) is 14.5 Å². The number of aliphatic hydroxyl groups excluding tert-OH is 1. The number of rotatable bonds is 5. The van der Waals surface area contributed by atoms with E-state index in [-0.39, 0.29) is 18.8 Å². The van der Waals surface area contributed by atoms with E-state index in [0.29, 0.717) is 12.6 Å². The smallest absolute Gasteiger partial charge is 0.238 e. The van der Waals surface area contributed by atoms with E-state index in [1.165, 1.54) is 0 Å². The monoisotopic (exact) mass is 244 g/mol. The van der Waals surface area contributed by atoms with Crippen molar-refractivity contribution in [1.29, 1.82) is 0 Å². The average Bonchev–Trinajstić information content (AvgIpc) is 2.22. The van der Waals surface area contributed by atoms with Gasteiger partial charge in [0.15, 0.2) is 0 Å². The Balaban J connectivity index is 2.56. The first kappa shape index (κ1) is 13.5. The van der Waals surface area contributed by atoms with E-state index in [4.69, 9.17) is 5.11 Å². The van der Waals surface area contributed by atoms with Crippen LogP contribution in [0.2, 0.25) is 0 Å². The molecular weight excluding hydrogens is 230 g/mol. The second-order valence-electron chi connectivity index (χ2n) is 3.63. The molecule has 0 spiro atoms. The molecule has 0 unspecified atom stereocenters. The lowest BCUT2D eigenvalue weighted by Gasteiger charge is -2.14. The van der Waals surface area contributed by atoms with E-state index in [0.717, 1.165) is 12.1 Å². The number of hydrogen-bond acceptors (Lipinski definition) is 3. The Bertz CT molecular complexity index is 399. The van der Waals surface area contributed by atoms with Crippen molar-refractivity contribution in [2.75, 3.05) is 32.1 Å². The SMILES string of the molecule is CN(CCO)CC(=O)Nc1ccc(F)cc1F. The molecule has 1 aromatic rings. The molecule has 0 aliphatic rings. The van der Waals surface area contributed by atoms with Gasteiger partial charge in [0, 0.05) is 12.6 Å². The van der Waals surface area contributed by atoms with Crippen LogP contribution in [-0.2, 0) is 4.79 Å². The van der Waals surface area contributed by atoms with Crippen LogP contribution in [0.3, 0.4) is 0 Å². The highest BCUT2D eigenvalue weighted by molar-refractivity contribution is 5.92. The van der Waals surface area contributed by atoms with Crippen molar-refractivity contribution in [3.05, 3.63) is 29.8 Å². The Labute approximate surface area is 97.9 Å². The summed E-state index contributed by atoms with van der Waals surface area (Å²) in [5.41, 5.74) is -0.0613. The molecule has 0 atom stereocenters. The molecule has 0 radical (unpaired) electrons. The maximum Gasteiger partial charge on any atom is 0.238 e. The van der Waals surface area contributed by atoms with Crippen molar-refractivity contribution in [1.82, 2.24) is 4.90 Å². The number of benzene rings is 1. The summed E-state index contributed by atoms with van der Waals surface area (Å²) in [6.45, 7) is 0.311. The third kappa shape index (κ3) is 4.46. The number of nitrogens with zero attached hydrogens (tertiary/aromatic N) is 1. The molecule has 0 saturated carbocycles. The molecule has 0 bridgehead atoms. The van der Waals surface area contributed by atoms with Gasteiger partial charge < -0.3 is 10.4 Å². The zero-order valence-electron chi connectivity index (χ0n) is 9.41. The van der Waals surface area contributed by atoms with Crippen LogP contribution < -0.4 is 5.32 Å². The number of halogens is 2. The van der Waals surface area contributed by atoms with Crippen LogP contribution >= 0.6 is 0 Å². The molecule has 2 N–H and O–H groups in total. The fourth-order valence-corrected chi connectivity index (χ4v) is 1.28. The van der Waals surface area contributed by atoms with Crippen LogP contribution in [0.25, 0.3) is 0 Å². The molecular formula is C11H14F2N2O2. The summed E-state index contributed by atoms with van der Waals surface area (Å²) in [6, 6.07) is 2.93. The van der Waals surface area contributed by atoms with Crippen molar-refractivity contribution >= 4 is 11.6 Å². The molecule has 6 heteroatoms. The molecule has 0 aliphatic carbocycles. The topological polar surface area (TPSA) is 52.6 Å². The summed E-state index contributed by atoms with van der Waals surface area (Å²) >= 11 is 0. The number of nitrogens with one attached hydrogen (secondary N) is 1. The van der Waals surface area contributed by atoms with E-state index in [1.807, 2.05) is 0 Å². The molecule has 0 saturated heterocycles. The Morgan fingerprint density at radius 3 is 2.76 bits per heavy atom. The summed E-state index contributed by atoms with van der Waals surface area (Å²) in [5, 5.41) is 11.0. The van der Waals surface area contributed by atoms with Gasteiger partial charge in [0.2, 0.25) is 5.91 Å². The molecule has 1 rings (SSSR count). The van der Waals surface area contributed by atoms with Gasteiger partial charge in [0.1, 0.15) is 11.6 Å². The van der Waals surface area contributed by atoms with Gasteiger partial charge in [-0.05, 0) is 19.2 Å². The molecule has 0 aliphatic heterocycles. The number of carbonyl (C=O) groups excluding carboxylic acids is 1. The number of amides is 1. The minimum absolute atomic E-state index is 0.0252. The van der Waals surface area contributed by atoms with Crippen molar-refractivity contribution in [2.45, 2.75) is 0 Å². The highest BCUT2D eigenvalue weighted by Crippen LogP contribution is 2.14. The molecule has 1 amide bonds. The summed E-state index contributed by atoms with van der Waals surface area (Å²) < 4.78 is 25.8. The van der Waals surface area contributed by atoms with Crippen LogP contribution in [0.15, 0.2) is 18.2 Å². The molecule has 0 fully saturated rings. The third-order valence-corrected chi connectivity index (χ3v) is 2.10. The quantitative estimate of drug-likeness (QED) is 0.806. The van der Waals surface area contributed by atoms with Gasteiger partial charge in [0.25, 0.3) is 0 Å². The Morgan fingerprint density at radius 2 is 2.18 bits per heavy atom. The number of anilines is 1. The first-order chi connectivity index (χ1) is 8.02.